The van der Waals surface area contributed by atoms with Crippen LogP contribution in [0.2, 0.25) is 0 Å². The third-order valence-electron chi connectivity index (χ3n) is 5.47. The van der Waals surface area contributed by atoms with Crippen molar-refractivity contribution in [1.82, 2.24) is 0 Å². The number of hydrogen-bond acceptors (Lipinski definition) is 3. The smallest absolute Gasteiger partial charge is 0.236 e. The molecule has 1 aliphatic heterocycles. The van der Waals surface area contributed by atoms with Gasteiger partial charge in [-0.05, 0) is 28.4 Å². The molecule has 0 N–H and O–H groups in total. The minimum Gasteiger partial charge on any atom is -0.474 e. The maximum absolute atomic E-state index is 6.10. The minimum absolute atomic E-state index is 0.0580. The van der Waals surface area contributed by atoms with E-state index in [-0.39, 0.29) is 11.5 Å². The van der Waals surface area contributed by atoms with Crippen molar-refractivity contribution >= 4 is 17.3 Å². The summed E-state index contributed by atoms with van der Waals surface area (Å²) in [6, 6.07) is 16.9. The minimum atomic E-state index is 0.0580. The Labute approximate surface area is 175 Å². The second-order valence-corrected chi connectivity index (χ2v) is 9.55. The van der Waals surface area contributed by atoms with Crippen LogP contribution in [0.25, 0.3) is 0 Å². The van der Waals surface area contributed by atoms with Crippen LogP contribution < -0.4 is 0 Å². The van der Waals surface area contributed by atoms with Crippen LogP contribution in [0, 0.1) is 5.41 Å². The summed E-state index contributed by atoms with van der Waals surface area (Å²) < 4.78 is 6.10. The number of nitrogens with zero attached hydrogens (tertiary/aromatic N) is 2. The molecule has 0 saturated heterocycles. The zero-order valence-electron chi connectivity index (χ0n) is 18.9. The topological polar surface area (TPSA) is 34.0 Å². The van der Waals surface area contributed by atoms with Gasteiger partial charge in [-0.2, -0.15) is 0 Å². The molecular formula is C26H34N2O. The average molecular weight is 391 g/mol. The highest BCUT2D eigenvalue weighted by Gasteiger charge is 2.32. The lowest BCUT2D eigenvalue weighted by Gasteiger charge is -2.21. The van der Waals surface area contributed by atoms with Crippen molar-refractivity contribution < 1.29 is 4.74 Å². The molecule has 1 heterocycles. The summed E-state index contributed by atoms with van der Waals surface area (Å²) in [7, 11) is 0. The van der Waals surface area contributed by atoms with Crippen LogP contribution in [0.15, 0.2) is 58.5 Å². The number of aliphatic imine (C=N–C) groups is 2. The second-order valence-electron chi connectivity index (χ2n) is 9.55. The third-order valence-corrected chi connectivity index (χ3v) is 5.47. The van der Waals surface area contributed by atoms with Gasteiger partial charge in [-0.3, -0.25) is 0 Å². The maximum atomic E-state index is 6.10. The Balaban J connectivity index is 2.21. The summed E-state index contributed by atoms with van der Waals surface area (Å²) >= 11 is 0. The molecule has 2 aromatic carbocycles. The van der Waals surface area contributed by atoms with E-state index in [1.165, 1.54) is 11.1 Å². The fraction of sp³-hybridized carbons (Fsp3) is 0.462. The molecule has 2 aromatic rings. The number of hydrogen-bond donors (Lipinski definition) is 0. The van der Waals surface area contributed by atoms with Gasteiger partial charge >= 0.3 is 0 Å². The second kappa shape index (κ2) is 8.52. The van der Waals surface area contributed by atoms with Gasteiger partial charge < -0.3 is 4.74 Å². The number of rotatable bonds is 5. The highest BCUT2D eigenvalue weighted by molar-refractivity contribution is 6.46. The zero-order valence-corrected chi connectivity index (χ0v) is 18.9. The molecule has 3 rings (SSSR count). The molecule has 29 heavy (non-hydrogen) atoms. The molecule has 1 unspecified atom stereocenters. The molecule has 1 aliphatic rings. The van der Waals surface area contributed by atoms with Gasteiger partial charge in [-0.25, -0.2) is 9.98 Å². The SMILES string of the molecule is CC(C)c1cccc(C(C)C)c1N=C(C1=NC(C(C)(C)C)CO1)c1ccccc1. The fourth-order valence-electron chi connectivity index (χ4n) is 3.53. The van der Waals surface area contributed by atoms with Crippen LogP contribution in [-0.4, -0.2) is 24.3 Å². The van der Waals surface area contributed by atoms with E-state index in [9.17, 15) is 0 Å². The van der Waals surface area contributed by atoms with Gasteiger partial charge in [-0.15, -0.1) is 0 Å². The van der Waals surface area contributed by atoms with Gasteiger partial charge in [0.2, 0.25) is 5.90 Å². The van der Waals surface area contributed by atoms with E-state index in [2.05, 4.69) is 78.8 Å². The van der Waals surface area contributed by atoms with Crippen molar-refractivity contribution in [3.05, 3.63) is 65.2 Å². The lowest BCUT2D eigenvalue weighted by atomic mass is 9.88. The molecule has 154 valence electrons. The van der Waals surface area contributed by atoms with E-state index in [1.54, 1.807) is 0 Å². The normalized spacial score (nSPS) is 17.6. The monoisotopic (exact) mass is 390 g/mol. The molecule has 0 spiro atoms. The first-order valence-corrected chi connectivity index (χ1v) is 10.7. The van der Waals surface area contributed by atoms with Crippen LogP contribution in [0.4, 0.5) is 5.69 Å². The molecule has 3 nitrogen and oxygen atoms in total. The highest BCUT2D eigenvalue weighted by atomic mass is 16.5. The van der Waals surface area contributed by atoms with Gasteiger partial charge in [0.25, 0.3) is 0 Å². The first-order valence-electron chi connectivity index (χ1n) is 10.7. The van der Waals surface area contributed by atoms with Gasteiger partial charge in [0, 0.05) is 5.56 Å². The van der Waals surface area contributed by atoms with Crippen molar-refractivity contribution in [2.24, 2.45) is 15.4 Å². The molecule has 0 bridgehead atoms. The molecule has 0 aromatic heterocycles. The number of ether oxygens (including phenoxy) is 1. The first-order chi connectivity index (χ1) is 13.7. The van der Waals surface area contributed by atoms with E-state index in [1.807, 2.05) is 18.2 Å². The summed E-state index contributed by atoms with van der Waals surface area (Å²) in [6.07, 6.45) is 0. The zero-order chi connectivity index (χ0) is 21.2. The summed E-state index contributed by atoms with van der Waals surface area (Å²) in [4.78, 5) is 10.2. The van der Waals surface area contributed by atoms with Crippen LogP contribution in [0.5, 0.6) is 0 Å². The fourth-order valence-corrected chi connectivity index (χ4v) is 3.53. The largest absolute Gasteiger partial charge is 0.474 e. The van der Waals surface area contributed by atoms with Gasteiger partial charge in [-0.1, -0.05) is 97.0 Å². The van der Waals surface area contributed by atoms with Crippen LogP contribution >= 0.6 is 0 Å². The van der Waals surface area contributed by atoms with Crippen molar-refractivity contribution in [2.75, 3.05) is 6.61 Å². The molecule has 0 radical (unpaired) electrons. The van der Waals surface area contributed by atoms with Crippen LogP contribution in [0.3, 0.4) is 0 Å². The third kappa shape index (κ3) is 4.77. The van der Waals surface area contributed by atoms with Crippen molar-refractivity contribution in [2.45, 2.75) is 66.3 Å². The van der Waals surface area contributed by atoms with Gasteiger partial charge in [0.15, 0.2) is 0 Å². The molecule has 0 aliphatic carbocycles. The summed E-state index contributed by atoms with van der Waals surface area (Å²) in [5.74, 6) is 1.43. The van der Waals surface area contributed by atoms with E-state index >= 15 is 0 Å². The summed E-state index contributed by atoms with van der Waals surface area (Å²) in [5.41, 5.74) is 5.50. The number of para-hydroxylation sites is 1. The maximum Gasteiger partial charge on any atom is 0.236 e. The average Bonchev–Trinajstić information content (AvgIpc) is 3.16. The van der Waals surface area contributed by atoms with Crippen LogP contribution in [0.1, 0.15) is 77.0 Å². The lowest BCUT2D eigenvalue weighted by Crippen LogP contribution is -2.25. The first kappa shape index (κ1) is 21.3. The van der Waals surface area contributed by atoms with Crippen molar-refractivity contribution in [1.29, 1.82) is 0 Å². The molecule has 0 saturated carbocycles. The molecule has 0 amide bonds. The Morgan fingerprint density at radius 3 is 2.00 bits per heavy atom. The Hall–Kier alpha value is -2.42. The predicted molar refractivity (Wildman–Crippen MR) is 124 cm³/mol. The Kier molecular flexibility index (Phi) is 6.26. The molecule has 3 heteroatoms. The summed E-state index contributed by atoms with van der Waals surface area (Å²) in [5, 5.41) is 0. The van der Waals surface area contributed by atoms with E-state index in [0.29, 0.717) is 24.3 Å². The highest BCUT2D eigenvalue weighted by Crippen LogP contribution is 2.36. The lowest BCUT2D eigenvalue weighted by molar-refractivity contribution is 0.237. The predicted octanol–water partition coefficient (Wildman–Crippen LogP) is 6.90. The van der Waals surface area contributed by atoms with Crippen molar-refractivity contribution in [3.8, 4) is 0 Å². The van der Waals surface area contributed by atoms with E-state index in [0.717, 1.165) is 17.0 Å². The van der Waals surface area contributed by atoms with Gasteiger partial charge in [0.1, 0.15) is 12.3 Å². The van der Waals surface area contributed by atoms with Crippen LogP contribution in [-0.2, 0) is 4.74 Å². The van der Waals surface area contributed by atoms with Gasteiger partial charge in [0.05, 0.1) is 11.7 Å². The Morgan fingerprint density at radius 1 is 0.931 bits per heavy atom. The molecular weight excluding hydrogens is 356 g/mol. The quantitative estimate of drug-likeness (QED) is 0.511. The van der Waals surface area contributed by atoms with Crippen molar-refractivity contribution in [3.63, 3.8) is 0 Å². The standard InChI is InChI=1S/C26H34N2O/c1-17(2)20-14-11-15-21(18(3)4)24(20)28-23(19-12-9-8-10-13-19)25-27-22(16-29-25)26(5,6)7/h8-15,17-18,22H,16H2,1-7H3. The molecule has 1 atom stereocenters. The Bertz CT molecular complexity index is 876. The number of benzene rings is 2. The molecule has 0 fully saturated rings. The Morgan fingerprint density at radius 2 is 1.52 bits per heavy atom. The van der Waals surface area contributed by atoms with E-state index < -0.39 is 0 Å². The van der Waals surface area contributed by atoms with E-state index in [4.69, 9.17) is 14.7 Å². The summed E-state index contributed by atoms with van der Waals surface area (Å²) in [6.45, 7) is 16.1.